The smallest absolute Gasteiger partial charge is 0.272 e. The molecule has 2 rings (SSSR count). The number of carbonyl (C=O) groups is 1. The number of pyridine rings is 1. The van der Waals surface area contributed by atoms with Crippen LogP contribution in [0.2, 0.25) is 4.34 Å². The highest BCUT2D eigenvalue weighted by Crippen LogP contribution is 2.22. The molecule has 0 bridgehead atoms. The van der Waals surface area contributed by atoms with Crippen molar-refractivity contribution >= 4 is 28.8 Å². The Balaban J connectivity index is 2.08. The number of halogens is 1. The second-order valence-corrected chi connectivity index (χ2v) is 5.71. The first-order valence-electron chi connectivity index (χ1n) is 5.46. The van der Waals surface area contributed by atoms with Gasteiger partial charge in [-0.25, -0.2) is 4.98 Å². The molecule has 2 aromatic heterocycles. The Morgan fingerprint density at radius 3 is 2.79 bits per heavy atom. The van der Waals surface area contributed by atoms with Gasteiger partial charge in [0.05, 0.1) is 16.4 Å². The van der Waals surface area contributed by atoms with Crippen molar-refractivity contribution < 1.29 is 4.79 Å². The zero-order valence-electron chi connectivity index (χ0n) is 10.1. The van der Waals surface area contributed by atoms with Gasteiger partial charge in [0.2, 0.25) is 0 Å². The minimum absolute atomic E-state index is 0.186. The van der Waals surface area contributed by atoms with Crippen LogP contribution in [-0.2, 0) is 6.54 Å². The summed E-state index contributed by atoms with van der Waals surface area (Å²) in [6, 6.07) is 8.80. The zero-order chi connectivity index (χ0) is 13.8. The first-order valence-corrected chi connectivity index (χ1v) is 6.65. The van der Waals surface area contributed by atoms with Crippen LogP contribution in [0.3, 0.4) is 0 Å². The molecule has 2 heterocycles. The van der Waals surface area contributed by atoms with Crippen molar-refractivity contribution in [1.82, 2.24) is 9.88 Å². The molecular weight excluding hydrogens is 282 g/mol. The molecule has 0 aliphatic carbocycles. The molecule has 0 aliphatic rings. The summed E-state index contributed by atoms with van der Waals surface area (Å²) < 4.78 is 0.701. The molecule has 0 aromatic carbocycles. The Morgan fingerprint density at radius 1 is 1.47 bits per heavy atom. The average Bonchev–Trinajstić information content (AvgIpc) is 2.83. The standard InChI is InChI=1S/C13H10ClN3OS/c1-17(8-10-3-5-12(14)19-10)13(18)11-4-2-9(6-15)7-16-11/h2-5,7H,8H2,1H3. The summed E-state index contributed by atoms with van der Waals surface area (Å²) in [6.45, 7) is 0.484. The van der Waals surface area contributed by atoms with Gasteiger partial charge in [-0.1, -0.05) is 11.6 Å². The molecule has 0 N–H and O–H groups in total. The molecule has 4 nitrogen and oxygen atoms in total. The van der Waals surface area contributed by atoms with Crippen LogP contribution < -0.4 is 0 Å². The summed E-state index contributed by atoms with van der Waals surface area (Å²) in [4.78, 5) is 18.7. The van der Waals surface area contributed by atoms with E-state index >= 15 is 0 Å². The van der Waals surface area contributed by atoms with Gasteiger partial charge in [0.1, 0.15) is 11.8 Å². The predicted octanol–water partition coefficient (Wildman–Crippen LogP) is 2.94. The van der Waals surface area contributed by atoms with Crippen LogP contribution in [-0.4, -0.2) is 22.8 Å². The summed E-state index contributed by atoms with van der Waals surface area (Å²) in [6.07, 6.45) is 1.39. The van der Waals surface area contributed by atoms with E-state index in [-0.39, 0.29) is 5.91 Å². The van der Waals surface area contributed by atoms with E-state index in [1.807, 2.05) is 12.1 Å². The zero-order valence-corrected chi connectivity index (χ0v) is 11.7. The Hall–Kier alpha value is -1.90. The molecule has 96 valence electrons. The molecule has 0 atom stereocenters. The second kappa shape index (κ2) is 5.83. The third-order valence-corrected chi connectivity index (χ3v) is 3.70. The van der Waals surface area contributed by atoms with Crippen molar-refractivity contribution in [3.63, 3.8) is 0 Å². The molecule has 0 saturated carbocycles. The van der Waals surface area contributed by atoms with Crippen molar-refractivity contribution in [3.8, 4) is 6.07 Å². The Morgan fingerprint density at radius 2 is 2.26 bits per heavy atom. The van der Waals surface area contributed by atoms with Gasteiger partial charge < -0.3 is 4.90 Å². The fraction of sp³-hybridized carbons (Fsp3) is 0.154. The predicted molar refractivity (Wildman–Crippen MR) is 74.1 cm³/mol. The van der Waals surface area contributed by atoms with Crippen LogP contribution in [0.25, 0.3) is 0 Å². The number of rotatable bonds is 3. The monoisotopic (exact) mass is 291 g/mol. The van der Waals surface area contributed by atoms with Crippen molar-refractivity contribution in [2.75, 3.05) is 7.05 Å². The van der Waals surface area contributed by atoms with Gasteiger partial charge in [-0.2, -0.15) is 5.26 Å². The van der Waals surface area contributed by atoms with E-state index in [1.54, 1.807) is 30.1 Å². The summed E-state index contributed by atoms with van der Waals surface area (Å²) in [5.74, 6) is -0.186. The molecule has 19 heavy (non-hydrogen) atoms. The van der Waals surface area contributed by atoms with Gasteiger partial charge in [-0.3, -0.25) is 4.79 Å². The van der Waals surface area contributed by atoms with Crippen LogP contribution in [0.1, 0.15) is 20.9 Å². The van der Waals surface area contributed by atoms with E-state index < -0.39 is 0 Å². The topological polar surface area (TPSA) is 57.0 Å². The van der Waals surface area contributed by atoms with Crippen molar-refractivity contribution in [2.24, 2.45) is 0 Å². The van der Waals surface area contributed by atoms with E-state index in [0.717, 1.165) is 4.88 Å². The molecule has 0 radical (unpaired) electrons. The van der Waals surface area contributed by atoms with Crippen LogP contribution in [0.5, 0.6) is 0 Å². The number of hydrogen-bond donors (Lipinski definition) is 0. The molecule has 6 heteroatoms. The van der Waals surface area contributed by atoms with E-state index in [4.69, 9.17) is 16.9 Å². The number of hydrogen-bond acceptors (Lipinski definition) is 4. The van der Waals surface area contributed by atoms with Gasteiger partial charge in [0, 0.05) is 18.1 Å². The van der Waals surface area contributed by atoms with Gasteiger partial charge in [0.25, 0.3) is 5.91 Å². The van der Waals surface area contributed by atoms with Gasteiger partial charge in [-0.05, 0) is 24.3 Å². The minimum Gasteiger partial charge on any atom is -0.335 e. The summed E-state index contributed by atoms with van der Waals surface area (Å²) in [7, 11) is 1.70. The number of aromatic nitrogens is 1. The van der Waals surface area contributed by atoms with E-state index in [0.29, 0.717) is 22.1 Å². The molecule has 2 aromatic rings. The lowest BCUT2D eigenvalue weighted by atomic mass is 10.2. The highest BCUT2D eigenvalue weighted by Gasteiger charge is 2.14. The van der Waals surface area contributed by atoms with E-state index in [1.165, 1.54) is 17.5 Å². The van der Waals surface area contributed by atoms with Crippen LogP contribution in [0.4, 0.5) is 0 Å². The van der Waals surface area contributed by atoms with Crippen molar-refractivity contribution in [3.05, 3.63) is 50.9 Å². The lowest BCUT2D eigenvalue weighted by molar-refractivity contribution is 0.0780. The maximum Gasteiger partial charge on any atom is 0.272 e. The molecule has 0 spiro atoms. The van der Waals surface area contributed by atoms with Gasteiger partial charge in [-0.15, -0.1) is 11.3 Å². The highest BCUT2D eigenvalue weighted by molar-refractivity contribution is 7.16. The SMILES string of the molecule is CN(Cc1ccc(Cl)s1)C(=O)c1ccc(C#N)cn1. The van der Waals surface area contributed by atoms with Crippen LogP contribution in [0.15, 0.2) is 30.5 Å². The number of thiophene rings is 1. The maximum absolute atomic E-state index is 12.1. The van der Waals surface area contributed by atoms with Crippen LogP contribution in [0, 0.1) is 11.3 Å². The lowest BCUT2D eigenvalue weighted by Gasteiger charge is -2.15. The normalized spacial score (nSPS) is 9.95. The molecular formula is C13H10ClN3OS. The Bertz CT molecular complexity index is 630. The number of nitriles is 1. The second-order valence-electron chi connectivity index (χ2n) is 3.91. The number of carbonyl (C=O) groups excluding carboxylic acids is 1. The fourth-order valence-corrected chi connectivity index (χ4v) is 2.67. The van der Waals surface area contributed by atoms with E-state index in [9.17, 15) is 4.79 Å². The largest absolute Gasteiger partial charge is 0.335 e. The van der Waals surface area contributed by atoms with Crippen molar-refractivity contribution in [2.45, 2.75) is 6.54 Å². The van der Waals surface area contributed by atoms with Gasteiger partial charge >= 0.3 is 0 Å². The summed E-state index contributed by atoms with van der Waals surface area (Å²) in [5, 5.41) is 8.68. The maximum atomic E-state index is 12.1. The molecule has 0 saturated heterocycles. The quantitative estimate of drug-likeness (QED) is 0.873. The fourth-order valence-electron chi connectivity index (χ4n) is 1.52. The van der Waals surface area contributed by atoms with E-state index in [2.05, 4.69) is 4.98 Å². The third-order valence-electron chi connectivity index (χ3n) is 2.48. The van der Waals surface area contributed by atoms with Crippen molar-refractivity contribution in [1.29, 1.82) is 5.26 Å². The lowest BCUT2D eigenvalue weighted by Crippen LogP contribution is -2.26. The number of nitrogens with zero attached hydrogens (tertiary/aromatic N) is 3. The molecule has 0 unspecified atom stereocenters. The van der Waals surface area contributed by atoms with Gasteiger partial charge in [0.15, 0.2) is 0 Å². The highest BCUT2D eigenvalue weighted by atomic mass is 35.5. The van der Waals surface area contributed by atoms with Crippen LogP contribution >= 0.6 is 22.9 Å². The third kappa shape index (κ3) is 3.31. The first kappa shape index (κ1) is 13.5. The first-order chi connectivity index (χ1) is 9.10. The molecule has 1 amide bonds. The Kier molecular flexibility index (Phi) is 4.15. The number of amides is 1. The minimum atomic E-state index is -0.186. The summed E-state index contributed by atoms with van der Waals surface area (Å²) >= 11 is 7.29. The molecule has 0 fully saturated rings. The molecule has 0 aliphatic heterocycles. The Labute approximate surface area is 119 Å². The average molecular weight is 292 g/mol. The summed E-state index contributed by atoms with van der Waals surface area (Å²) in [5.41, 5.74) is 0.758.